The zero-order valence-electron chi connectivity index (χ0n) is 7.86. The summed E-state index contributed by atoms with van der Waals surface area (Å²) < 4.78 is 0. The molecule has 0 aromatic heterocycles. The highest BCUT2D eigenvalue weighted by atomic mass is 16.4. The fourth-order valence-electron chi connectivity index (χ4n) is 1.26. The highest BCUT2D eigenvalue weighted by molar-refractivity contribution is 6.22. The van der Waals surface area contributed by atoms with E-state index in [2.05, 4.69) is 5.16 Å². The Bertz CT molecular complexity index is 325. The van der Waals surface area contributed by atoms with Crippen LogP contribution >= 0.6 is 0 Å². The molecule has 0 saturated carbocycles. The van der Waals surface area contributed by atoms with Gasteiger partial charge in [-0.05, 0) is 19.4 Å². The average molecular weight is 175 g/mol. The van der Waals surface area contributed by atoms with Crippen molar-refractivity contribution in [3.63, 3.8) is 0 Å². The van der Waals surface area contributed by atoms with Crippen LogP contribution in [0.3, 0.4) is 0 Å². The number of oxime groups is 1. The van der Waals surface area contributed by atoms with Crippen LogP contribution in [0.4, 0.5) is 0 Å². The number of benzene rings is 1. The zero-order chi connectivity index (χ0) is 9.68. The molecule has 0 aliphatic carbocycles. The predicted molar refractivity (Wildman–Crippen MR) is 55.0 cm³/mol. The molecule has 1 aromatic rings. The molecule has 0 aliphatic rings. The summed E-state index contributed by atoms with van der Waals surface area (Å²) in [5, 5.41) is 11.8. The molecule has 0 aliphatic heterocycles. The van der Waals surface area contributed by atoms with Crippen LogP contribution in [0.15, 0.2) is 41.6 Å². The smallest absolute Gasteiger partial charge is 0.0839 e. The van der Waals surface area contributed by atoms with E-state index in [9.17, 15) is 0 Å². The first-order valence-electron chi connectivity index (χ1n) is 4.20. The number of allylic oxidation sites excluding steroid dienone is 2. The van der Waals surface area contributed by atoms with Crippen molar-refractivity contribution >= 4 is 11.3 Å². The van der Waals surface area contributed by atoms with Crippen molar-refractivity contribution < 1.29 is 5.21 Å². The monoisotopic (exact) mass is 175 g/mol. The number of rotatable bonds is 2. The van der Waals surface area contributed by atoms with Gasteiger partial charge >= 0.3 is 0 Å². The Morgan fingerprint density at radius 2 is 1.92 bits per heavy atom. The first kappa shape index (κ1) is 9.52. The van der Waals surface area contributed by atoms with Crippen molar-refractivity contribution in [2.45, 2.75) is 13.8 Å². The molecule has 0 saturated heterocycles. The van der Waals surface area contributed by atoms with Crippen molar-refractivity contribution in [2.24, 2.45) is 5.16 Å². The Morgan fingerprint density at radius 1 is 1.31 bits per heavy atom. The third-order valence-electron chi connectivity index (χ3n) is 1.91. The highest BCUT2D eigenvalue weighted by Crippen LogP contribution is 2.15. The van der Waals surface area contributed by atoms with Gasteiger partial charge in [0.1, 0.15) is 0 Å². The second kappa shape index (κ2) is 4.45. The number of hydrogen-bond donors (Lipinski definition) is 1. The quantitative estimate of drug-likeness (QED) is 0.418. The summed E-state index contributed by atoms with van der Waals surface area (Å²) in [6.07, 6.45) is 1.93. The standard InChI is InChI=1S/C11H13NO/c1-3-11(9(2)12-13)10-7-5-4-6-8-10/h3-8,13H,1-2H3. The van der Waals surface area contributed by atoms with E-state index in [4.69, 9.17) is 5.21 Å². The van der Waals surface area contributed by atoms with Crippen molar-refractivity contribution in [2.75, 3.05) is 0 Å². The van der Waals surface area contributed by atoms with Crippen LogP contribution in [-0.4, -0.2) is 10.9 Å². The first-order valence-corrected chi connectivity index (χ1v) is 4.20. The van der Waals surface area contributed by atoms with E-state index in [1.807, 2.05) is 43.3 Å². The van der Waals surface area contributed by atoms with Gasteiger partial charge in [-0.1, -0.05) is 41.6 Å². The number of nitrogens with zero attached hydrogens (tertiary/aromatic N) is 1. The molecule has 1 rings (SSSR count). The fraction of sp³-hybridized carbons (Fsp3) is 0.182. The van der Waals surface area contributed by atoms with E-state index in [0.29, 0.717) is 5.71 Å². The third-order valence-corrected chi connectivity index (χ3v) is 1.91. The van der Waals surface area contributed by atoms with Crippen molar-refractivity contribution in [1.82, 2.24) is 0 Å². The molecular formula is C11H13NO. The van der Waals surface area contributed by atoms with E-state index in [1.165, 1.54) is 0 Å². The molecule has 0 heterocycles. The Hall–Kier alpha value is -1.57. The molecule has 0 amide bonds. The Morgan fingerprint density at radius 3 is 2.38 bits per heavy atom. The van der Waals surface area contributed by atoms with Crippen LogP contribution in [0.5, 0.6) is 0 Å². The van der Waals surface area contributed by atoms with E-state index in [-0.39, 0.29) is 0 Å². The van der Waals surface area contributed by atoms with E-state index >= 15 is 0 Å². The molecular weight excluding hydrogens is 162 g/mol. The van der Waals surface area contributed by atoms with Crippen LogP contribution in [0, 0.1) is 0 Å². The van der Waals surface area contributed by atoms with Gasteiger partial charge in [0.2, 0.25) is 0 Å². The molecule has 2 nitrogen and oxygen atoms in total. The Labute approximate surface area is 78.2 Å². The molecule has 0 bridgehead atoms. The second-order valence-electron chi connectivity index (χ2n) is 2.75. The van der Waals surface area contributed by atoms with E-state index in [0.717, 1.165) is 11.1 Å². The molecule has 0 atom stereocenters. The average Bonchev–Trinajstić information content (AvgIpc) is 2.20. The molecule has 68 valence electrons. The minimum absolute atomic E-state index is 0.633. The maximum Gasteiger partial charge on any atom is 0.0839 e. The SMILES string of the molecule is CC=C(C(C)=NO)c1ccccc1. The third kappa shape index (κ3) is 2.18. The summed E-state index contributed by atoms with van der Waals surface area (Å²) in [5.74, 6) is 0. The topological polar surface area (TPSA) is 32.6 Å². The molecule has 0 spiro atoms. The fourth-order valence-corrected chi connectivity index (χ4v) is 1.26. The number of hydrogen-bond acceptors (Lipinski definition) is 2. The van der Waals surface area contributed by atoms with Crippen LogP contribution in [-0.2, 0) is 0 Å². The summed E-state index contributed by atoms with van der Waals surface area (Å²) in [5.41, 5.74) is 2.66. The highest BCUT2D eigenvalue weighted by Gasteiger charge is 2.02. The summed E-state index contributed by atoms with van der Waals surface area (Å²) in [6.45, 7) is 3.71. The van der Waals surface area contributed by atoms with E-state index in [1.54, 1.807) is 6.92 Å². The first-order chi connectivity index (χ1) is 6.29. The second-order valence-corrected chi connectivity index (χ2v) is 2.75. The maximum absolute atomic E-state index is 8.64. The lowest BCUT2D eigenvalue weighted by Crippen LogP contribution is -1.96. The van der Waals surface area contributed by atoms with Gasteiger partial charge in [0.25, 0.3) is 0 Å². The van der Waals surface area contributed by atoms with Crippen LogP contribution < -0.4 is 0 Å². The lowest BCUT2D eigenvalue weighted by atomic mass is 10.0. The molecule has 1 N–H and O–H groups in total. The van der Waals surface area contributed by atoms with E-state index < -0.39 is 0 Å². The molecule has 13 heavy (non-hydrogen) atoms. The summed E-state index contributed by atoms with van der Waals surface area (Å²) in [4.78, 5) is 0. The van der Waals surface area contributed by atoms with Gasteiger partial charge in [0, 0.05) is 5.57 Å². The Kier molecular flexibility index (Phi) is 3.26. The van der Waals surface area contributed by atoms with Gasteiger partial charge in [-0.2, -0.15) is 0 Å². The summed E-state index contributed by atoms with van der Waals surface area (Å²) in [6, 6.07) is 9.86. The molecule has 0 unspecified atom stereocenters. The lowest BCUT2D eigenvalue weighted by molar-refractivity contribution is 0.319. The van der Waals surface area contributed by atoms with Crippen LogP contribution in [0.25, 0.3) is 5.57 Å². The van der Waals surface area contributed by atoms with Crippen molar-refractivity contribution in [1.29, 1.82) is 0 Å². The molecule has 0 fully saturated rings. The van der Waals surface area contributed by atoms with Crippen LogP contribution in [0.2, 0.25) is 0 Å². The van der Waals surface area contributed by atoms with Gasteiger partial charge in [-0.15, -0.1) is 0 Å². The van der Waals surface area contributed by atoms with Gasteiger partial charge < -0.3 is 5.21 Å². The minimum atomic E-state index is 0.633. The lowest BCUT2D eigenvalue weighted by Gasteiger charge is -2.04. The maximum atomic E-state index is 8.64. The van der Waals surface area contributed by atoms with Gasteiger partial charge in [-0.25, -0.2) is 0 Å². The molecule has 0 radical (unpaired) electrons. The van der Waals surface area contributed by atoms with Crippen molar-refractivity contribution in [3.05, 3.63) is 42.0 Å². The summed E-state index contributed by atoms with van der Waals surface area (Å²) in [7, 11) is 0. The van der Waals surface area contributed by atoms with Crippen LogP contribution in [0.1, 0.15) is 19.4 Å². The van der Waals surface area contributed by atoms with Gasteiger partial charge in [0.05, 0.1) is 5.71 Å². The predicted octanol–water partition coefficient (Wildman–Crippen LogP) is 2.94. The normalized spacial score (nSPS) is 13.1. The largest absolute Gasteiger partial charge is 0.411 e. The molecule has 2 heteroatoms. The Balaban J connectivity index is 3.07. The zero-order valence-corrected chi connectivity index (χ0v) is 7.86. The molecule has 1 aromatic carbocycles. The van der Waals surface area contributed by atoms with Gasteiger partial charge in [0.15, 0.2) is 0 Å². The van der Waals surface area contributed by atoms with Crippen molar-refractivity contribution in [3.8, 4) is 0 Å². The minimum Gasteiger partial charge on any atom is -0.411 e. The summed E-state index contributed by atoms with van der Waals surface area (Å²) >= 11 is 0. The van der Waals surface area contributed by atoms with Gasteiger partial charge in [-0.3, -0.25) is 0 Å².